The highest BCUT2D eigenvalue weighted by atomic mass is 16.6. The van der Waals surface area contributed by atoms with Gasteiger partial charge in [0, 0.05) is 36.6 Å². The number of non-ortho nitro benzene ring substituents is 1. The van der Waals surface area contributed by atoms with Crippen LogP contribution in [-0.2, 0) is 22.7 Å². The average molecular weight is 536 g/mol. The molecule has 0 aliphatic carbocycles. The van der Waals surface area contributed by atoms with Gasteiger partial charge in [-0.3, -0.25) is 24.7 Å². The van der Waals surface area contributed by atoms with E-state index in [1.165, 1.54) is 29.2 Å². The summed E-state index contributed by atoms with van der Waals surface area (Å²) in [6, 6.07) is 22.9. The molecule has 5 rings (SSSR count). The fourth-order valence-electron chi connectivity index (χ4n) is 4.73. The lowest BCUT2D eigenvalue weighted by atomic mass is 9.93. The van der Waals surface area contributed by atoms with Gasteiger partial charge in [-0.15, -0.1) is 0 Å². The summed E-state index contributed by atoms with van der Waals surface area (Å²) in [6.45, 7) is 2.20. The van der Waals surface area contributed by atoms with E-state index in [4.69, 9.17) is 4.74 Å². The summed E-state index contributed by atoms with van der Waals surface area (Å²) in [5.74, 6) is -1.37. The third kappa shape index (κ3) is 5.30. The molecule has 0 saturated carbocycles. The van der Waals surface area contributed by atoms with Crippen LogP contribution >= 0.6 is 0 Å². The van der Waals surface area contributed by atoms with E-state index >= 15 is 0 Å². The quantitative estimate of drug-likeness (QED) is 0.104. The van der Waals surface area contributed by atoms with E-state index in [1.54, 1.807) is 49.6 Å². The van der Waals surface area contributed by atoms with E-state index in [0.717, 1.165) is 5.56 Å². The molecule has 1 saturated heterocycles. The molecule has 1 N–H and O–H groups in total. The number of likely N-dealkylation sites (tertiary alicyclic amines) is 1. The van der Waals surface area contributed by atoms with Crippen LogP contribution in [0.4, 0.5) is 5.69 Å². The number of rotatable bonds is 8. The molecule has 0 radical (unpaired) electrons. The minimum atomic E-state index is -0.964. The number of aromatic nitrogens is 1. The van der Waals surface area contributed by atoms with Crippen LogP contribution in [0.15, 0.2) is 103 Å². The molecule has 9 nitrogen and oxygen atoms in total. The number of aliphatic hydroxyl groups is 1. The number of aryl methyl sites for hydroxylation is 1. The molecule has 0 spiro atoms. The highest BCUT2D eigenvalue weighted by molar-refractivity contribution is 6.46. The monoisotopic (exact) mass is 535 g/mol. The van der Waals surface area contributed by atoms with Crippen LogP contribution in [0, 0.1) is 17.0 Å². The number of pyridine rings is 1. The maximum atomic E-state index is 13.4. The Balaban J connectivity index is 1.53. The van der Waals surface area contributed by atoms with Crippen LogP contribution in [-0.4, -0.2) is 31.6 Å². The minimum absolute atomic E-state index is 0.0576. The van der Waals surface area contributed by atoms with Crippen LogP contribution < -0.4 is 4.74 Å². The number of aliphatic hydroxyl groups excluding tert-OH is 1. The second-order valence-corrected chi connectivity index (χ2v) is 9.39. The van der Waals surface area contributed by atoms with Gasteiger partial charge in [0.15, 0.2) is 0 Å². The number of nitrogens with zero attached hydrogens (tertiary/aromatic N) is 3. The number of hydrogen-bond donors (Lipinski definition) is 1. The fourth-order valence-corrected chi connectivity index (χ4v) is 4.73. The topological polar surface area (TPSA) is 123 Å². The van der Waals surface area contributed by atoms with Crippen molar-refractivity contribution in [3.05, 3.63) is 141 Å². The summed E-state index contributed by atoms with van der Waals surface area (Å²) in [5, 5.41) is 22.7. The Labute approximate surface area is 230 Å². The average Bonchev–Trinajstić information content (AvgIpc) is 3.22. The lowest BCUT2D eigenvalue weighted by Gasteiger charge is -2.25. The molecule has 1 aliphatic rings. The number of ketones is 1. The van der Waals surface area contributed by atoms with Gasteiger partial charge in [0.05, 0.1) is 16.5 Å². The smallest absolute Gasteiger partial charge is 0.295 e. The minimum Gasteiger partial charge on any atom is -0.507 e. The number of benzene rings is 3. The Bertz CT molecular complexity index is 1600. The summed E-state index contributed by atoms with van der Waals surface area (Å²) in [6.07, 6.45) is 3.19. The number of carbonyl (C=O) groups excluding carboxylic acids is 2. The van der Waals surface area contributed by atoms with Gasteiger partial charge in [-0.25, -0.2) is 0 Å². The normalized spacial score (nSPS) is 16.2. The van der Waals surface area contributed by atoms with E-state index in [-0.39, 0.29) is 23.6 Å². The summed E-state index contributed by atoms with van der Waals surface area (Å²) in [4.78, 5) is 42.7. The zero-order chi connectivity index (χ0) is 28.2. The third-order valence-corrected chi connectivity index (χ3v) is 6.74. The maximum absolute atomic E-state index is 13.4. The molecule has 1 unspecified atom stereocenters. The van der Waals surface area contributed by atoms with Crippen LogP contribution in [0.1, 0.15) is 33.9 Å². The molecule has 1 amide bonds. The van der Waals surface area contributed by atoms with E-state index in [1.807, 2.05) is 30.3 Å². The SMILES string of the molecule is Cc1cc(OCc2ccccc2)ccc1C(O)=C1C(=O)C(=O)N(Cc2cccnc2)C1c1ccc([N+](=O)[O-])cc1. The molecule has 3 aromatic carbocycles. The highest BCUT2D eigenvalue weighted by Crippen LogP contribution is 2.41. The number of nitro groups is 1. The van der Waals surface area contributed by atoms with Gasteiger partial charge in [-0.05, 0) is 65.6 Å². The Kier molecular flexibility index (Phi) is 7.37. The second-order valence-electron chi connectivity index (χ2n) is 9.39. The molecule has 0 bridgehead atoms. The predicted octanol–water partition coefficient (Wildman–Crippen LogP) is 5.50. The Morgan fingerprint density at radius 3 is 2.38 bits per heavy atom. The van der Waals surface area contributed by atoms with Gasteiger partial charge >= 0.3 is 0 Å². The zero-order valence-electron chi connectivity index (χ0n) is 21.6. The summed E-state index contributed by atoms with van der Waals surface area (Å²) >= 11 is 0. The number of nitro benzene ring substituents is 1. The fraction of sp³-hybridized carbons (Fsp3) is 0.129. The van der Waals surface area contributed by atoms with E-state index in [2.05, 4.69) is 4.98 Å². The maximum Gasteiger partial charge on any atom is 0.295 e. The van der Waals surface area contributed by atoms with Crippen molar-refractivity contribution >= 4 is 23.1 Å². The highest BCUT2D eigenvalue weighted by Gasteiger charge is 2.46. The lowest BCUT2D eigenvalue weighted by Crippen LogP contribution is -2.29. The zero-order valence-corrected chi connectivity index (χ0v) is 21.6. The molecule has 1 fully saturated rings. The van der Waals surface area contributed by atoms with Crippen molar-refractivity contribution in [2.45, 2.75) is 26.1 Å². The third-order valence-electron chi connectivity index (χ3n) is 6.74. The molecule has 1 atom stereocenters. The van der Waals surface area contributed by atoms with Crippen LogP contribution in [0.2, 0.25) is 0 Å². The largest absolute Gasteiger partial charge is 0.507 e. The lowest BCUT2D eigenvalue weighted by molar-refractivity contribution is -0.384. The molecule has 40 heavy (non-hydrogen) atoms. The van der Waals surface area contributed by atoms with Crippen molar-refractivity contribution in [2.24, 2.45) is 0 Å². The first kappa shape index (κ1) is 26.3. The van der Waals surface area contributed by atoms with E-state index in [9.17, 15) is 24.8 Å². The van der Waals surface area contributed by atoms with Crippen molar-refractivity contribution in [3.63, 3.8) is 0 Å². The first-order valence-corrected chi connectivity index (χ1v) is 12.5. The van der Waals surface area contributed by atoms with Crippen molar-refractivity contribution in [1.82, 2.24) is 9.88 Å². The van der Waals surface area contributed by atoms with Gasteiger partial charge in [0.2, 0.25) is 0 Å². The van der Waals surface area contributed by atoms with Gasteiger partial charge in [0.1, 0.15) is 18.1 Å². The number of amides is 1. The predicted molar refractivity (Wildman–Crippen MR) is 147 cm³/mol. The van der Waals surface area contributed by atoms with Gasteiger partial charge in [-0.1, -0.05) is 36.4 Å². The number of carbonyl (C=O) groups is 2. The first-order chi connectivity index (χ1) is 19.3. The summed E-state index contributed by atoms with van der Waals surface area (Å²) in [5.41, 5.74) is 2.94. The van der Waals surface area contributed by atoms with Crippen molar-refractivity contribution < 1.29 is 24.4 Å². The first-order valence-electron chi connectivity index (χ1n) is 12.5. The Morgan fingerprint density at radius 1 is 1.00 bits per heavy atom. The Morgan fingerprint density at radius 2 is 1.73 bits per heavy atom. The van der Waals surface area contributed by atoms with Crippen LogP contribution in [0.5, 0.6) is 5.75 Å². The van der Waals surface area contributed by atoms with E-state index < -0.39 is 22.7 Å². The second kappa shape index (κ2) is 11.2. The van der Waals surface area contributed by atoms with Crippen molar-refractivity contribution in [3.8, 4) is 5.75 Å². The molecule has 1 aromatic heterocycles. The molecule has 4 aromatic rings. The number of ether oxygens (including phenoxy) is 1. The van der Waals surface area contributed by atoms with Crippen LogP contribution in [0.25, 0.3) is 5.76 Å². The van der Waals surface area contributed by atoms with Gasteiger partial charge in [0.25, 0.3) is 17.4 Å². The molecular formula is C31H25N3O6. The molecule has 1 aliphatic heterocycles. The number of hydrogen-bond acceptors (Lipinski definition) is 7. The number of Topliss-reactive ketones (excluding diaryl/α,β-unsaturated/α-hetero) is 1. The van der Waals surface area contributed by atoms with E-state index in [0.29, 0.717) is 34.6 Å². The molecular weight excluding hydrogens is 510 g/mol. The molecule has 200 valence electrons. The molecule has 9 heteroatoms. The van der Waals surface area contributed by atoms with Crippen molar-refractivity contribution in [2.75, 3.05) is 0 Å². The summed E-state index contributed by atoms with van der Waals surface area (Å²) in [7, 11) is 0. The van der Waals surface area contributed by atoms with Gasteiger partial charge < -0.3 is 14.7 Å². The molecule has 2 heterocycles. The standard InChI is InChI=1S/C31H25N3O6/c1-20-16-25(40-19-21-6-3-2-4-7-21)13-14-26(20)29(35)27-28(23-9-11-24(12-10-23)34(38)39)33(31(37)30(27)36)18-22-8-5-15-32-17-22/h2-17,28,35H,18-19H2,1H3. The summed E-state index contributed by atoms with van der Waals surface area (Å²) < 4.78 is 5.89. The van der Waals surface area contributed by atoms with Gasteiger partial charge in [-0.2, -0.15) is 0 Å². The Hall–Kier alpha value is -5.31. The van der Waals surface area contributed by atoms with Crippen molar-refractivity contribution in [1.29, 1.82) is 0 Å². The van der Waals surface area contributed by atoms with Crippen LogP contribution in [0.3, 0.4) is 0 Å².